The highest BCUT2D eigenvalue weighted by molar-refractivity contribution is 5.88. The number of carboxylic acids is 1. The number of aromatic carboxylic acids is 1. The summed E-state index contributed by atoms with van der Waals surface area (Å²) in [6.07, 6.45) is 1.25. The third-order valence-electron chi connectivity index (χ3n) is 7.83. The number of aryl methyl sites for hydroxylation is 1. The minimum absolute atomic E-state index is 0.103. The van der Waals surface area contributed by atoms with Gasteiger partial charge in [-0.25, -0.2) is 13.6 Å². The Kier molecular flexibility index (Phi) is 5.84. The average molecular weight is 469 g/mol. The first-order chi connectivity index (χ1) is 16.3. The van der Waals surface area contributed by atoms with Crippen LogP contribution < -0.4 is 4.74 Å². The first-order valence-corrected chi connectivity index (χ1v) is 11.8. The van der Waals surface area contributed by atoms with E-state index in [1.54, 1.807) is 13.2 Å². The van der Waals surface area contributed by atoms with E-state index in [1.165, 1.54) is 6.07 Å². The molecule has 2 heterocycles. The SMILES string of the molecule is COc1cc(C)c2[nH]ccc2c1CN1CC2CC(C)CC2[C@H]1c1ccc(C(=O)O)cc1C(F)F. The van der Waals surface area contributed by atoms with E-state index in [1.807, 2.05) is 25.3 Å². The Morgan fingerprint density at radius 1 is 1.26 bits per heavy atom. The van der Waals surface area contributed by atoms with E-state index in [-0.39, 0.29) is 23.1 Å². The smallest absolute Gasteiger partial charge is 0.335 e. The van der Waals surface area contributed by atoms with Gasteiger partial charge in [0.2, 0.25) is 0 Å². The van der Waals surface area contributed by atoms with E-state index in [4.69, 9.17) is 4.74 Å². The van der Waals surface area contributed by atoms with Crippen LogP contribution in [0.5, 0.6) is 5.75 Å². The van der Waals surface area contributed by atoms with Crippen LogP contribution in [0.15, 0.2) is 36.5 Å². The van der Waals surface area contributed by atoms with Gasteiger partial charge in [-0.15, -0.1) is 0 Å². The Labute approximate surface area is 197 Å². The molecule has 2 fully saturated rings. The summed E-state index contributed by atoms with van der Waals surface area (Å²) in [5.74, 6) is 0.856. The molecule has 2 N–H and O–H groups in total. The van der Waals surface area contributed by atoms with E-state index >= 15 is 0 Å². The molecule has 3 aromatic rings. The molecule has 2 aliphatic rings. The Morgan fingerprint density at radius 3 is 2.76 bits per heavy atom. The number of benzene rings is 2. The number of nitrogens with zero attached hydrogens (tertiary/aromatic N) is 1. The lowest BCUT2D eigenvalue weighted by Gasteiger charge is -2.31. The zero-order valence-corrected chi connectivity index (χ0v) is 19.6. The van der Waals surface area contributed by atoms with Crippen LogP contribution in [0.3, 0.4) is 0 Å². The van der Waals surface area contributed by atoms with Gasteiger partial charge in [-0.3, -0.25) is 4.90 Å². The summed E-state index contributed by atoms with van der Waals surface area (Å²) in [6.45, 7) is 5.67. The zero-order valence-electron chi connectivity index (χ0n) is 19.6. The summed E-state index contributed by atoms with van der Waals surface area (Å²) in [5.41, 5.74) is 3.47. The number of nitrogens with one attached hydrogen (secondary N) is 1. The molecule has 5 nitrogen and oxygen atoms in total. The Hall–Kier alpha value is -2.93. The van der Waals surface area contributed by atoms with Crippen molar-refractivity contribution in [2.24, 2.45) is 17.8 Å². The highest BCUT2D eigenvalue weighted by Crippen LogP contribution is 2.53. The van der Waals surface area contributed by atoms with Gasteiger partial charge in [0.1, 0.15) is 5.75 Å². The van der Waals surface area contributed by atoms with Gasteiger partial charge in [-0.1, -0.05) is 13.0 Å². The molecule has 0 spiro atoms. The number of hydrogen-bond acceptors (Lipinski definition) is 3. The van der Waals surface area contributed by atoms with Crippen molar-refractivity contribution in [3.05, 3.63) is 64.3 Å². The molecule has 7 heteroatoms. The fourth-order valence-corrected chi connectivity index (χ4v) is 6.47. The first kappa shape index (κ1) is 22.8. The maximum atomic E-state index is 14.2. The largest absolute Gasteiger partial charge is 0.496 e. The quantitative estimate of drug-likeness (QED) is 0.443. The summed E-state index contributed by atoms with van der Waals surface area (Å²) in [7, 11) is 1.66. The monoisotopic (exact) mass is 468 g/mol. The standard InChI is InChI=1S/C27H30F2N2O3/c1-14-8-17-12-31(13-22-18-6-7-30-24(18)15(2)10-23(22)34-3)25(20(17)9-14)19-5-4-16(27(32)33)11-21(19)26(28)29/h4-7,10-11,14,17,20,25-26,30H,8-9,12-13H2,1-3H3,(H,32,33)/t14?,17?,20?,25-/m1/s1. The van der Waals surface area contributed by atoms with Crippen LogP contribution in [0.2, 0.25) is 0 Å². The molecule has 2 aromatic carbocycles. The molecule has 1 aliphatic heterocycles. The van der Waals surface area contributed by atoms with Gasteiger partial charge in [0.25, 0.3) is 6.43 Å². The number of rotatable bonds is 6. The van der Waals surface area contributed by atoms with Gasteiger partial charge in [0.15, 0.2) is 0 Å². The molecule has 34 heavy (non-hydrogen) atoms. The second-order valence-electron chi connectivity index (χ2n) is 9.96. The lowest BCUT2D eigenvalue weighted by Crippen LogP contribution is -2.27. The number of halogens is 2. The molecule has 1 aliphatic carbocycles. The molecule has 5 rings (SSSR count). The van der Waals surface area contributed by atoms with E-state index in [0.717, 1.165) is 53.2 Å². The van der Waals surface area contributed by atoms with E-state index in [0.29, 0.717) is 23.9 Å². The van der Waals surface area contributed by atoms with Crippen molar-refractivity contribution in [2.45, 2.75) is 45.7 Å². The summed E-state index contributed by atoms with van der Waals surface area (Å²) in [5, 5.41) is 10.4. The van der Waals surface area contributed by atoms with E-state index in [2.05, 4.69) is 16.8 Å². The van der Waals surface area contributed by atoms with Crippen LogP contribution in [-0.4, -0.2) is 34.6 Å². The predicted molar refractivity (Wildman–Crippen MR) is 126 cm³/mol. The fourth-order valence-electron chi connectivity index (χ4n) is 6.47. The minimum Gasteiger partial charge on any atom is -0.496 e. The molecule has 0 radical (unpaired) electrons. The summed E-state index contributed by atoms with van der Waals surface area (Å²) < 4.78 is 34.1. The van der Waals surface area contributed by atoms with Crippen molar-refractivity contribution < 1.29 is 23.4 Å². The molecule has 0 bridgehead atoms. The number of ether oxygens (including phenoxy) is 1. The number of alkyl halides is 2. The number of hydrogen-bond donors (Lipinski definition) is 2. The van der Waals surface area contributed by atoms with Crippen molar-refractivity contribution in [1.29, 1.82) is 0 Å². The fraction of sp³-hybridized carbons (Fsp3) is 0.444. The molecule has 180 valence electrons. The van der Waals surface area contributed by atoms with Crippen LogP contribution in [0.4, 0.5) is 8.78 Å². The number of carboxylic acid groups (broad SMARTS) is 1. The second-order valence-corrected chi connectivity index (χ2v) is 9.96. The zero-order chi connectivity index (χ0) is 24.1. The lowest BCUT2D eigenvalue weighted by molar-refractivity contribution is 0.0696. The minimum atomic E-state index is -2.74. The third-order valence-corrected chi connectivity index (χ3v) is 7.83. The lowest BCUT2D eigenvalue weighted by atomic mass is 9.86. The van der Waals surface area contributed by atoms with Crippen LogP contribution in [0.25, 0.3) is 10.9 Å². The van der Waals surface area contributed by atoms with Crippen molar-refractivity contribution in [1.82, 2.24) is 9.88 Å². The Bertz CT molecular complexity index is 1240. The number of likely N-dealkylation sites (tertiary alicyclic amines) is 1. The summed E-state index contributed by atoms with van der Waals surface area (Å²) in [4.78, 5) is 17.1. The molecule has 1 aromatic heterocycles. The van der Waals surface area contributed by atoms with Gasteiger partial charge >= 0.3 is 5.97 Å². The number of methoxy groups -OCH3 is 1. The highest BCUT2D eigenvalue weighted by Gasteiger charge is 2.48. The van der Waals surface area contributed by atoms with Crippen LogP contribution >= 0.6 is 0 Å². The normalized spacial score (nSPS) is 24.8. The maximum absolute atomic E-state index is 14.2. The first-order valence-electron chi connectivity index (χ1n) is 11.8. The van der Waals surface area contributed by atoms with Crippen molar-refractivity contribution >= 4 is 16.9 Å². The van der Waals surface area contributed by atoms with Crippen molar-refractivity contribution in [2.75, 3.05) is 13.7 Å². The number of carbonyl (C=O) groups is 1. The van der Waals surface area contributed by atoms with Crippen LogP contribution in [0.1, 0.15) is 64.8 Å². The molecule has 4 atom stereocenters. The van der Waals surface area contributed by atoms with Crippen molar-refractivity contribution in [3.8, 4) is 5.75 Å². The average Bonchev–Trinajstić information content (AvgIpc) is 3.49. The topological polar surface area (TPSA) is 65.6 Å². The predicted octanol–water partition coefficient (Wildman–Crippen LogP) is 6.34. The van der Waals surface area contributed by atoms with Gasteiger partial charge in [0, 0.05) is 47.4 Å². The molecular weight excluding hydrogens is 438 g/mol. The van der Waals surface area contributed by atoms with E-state index in [9.17, 15) is 18.7 Å². The number of H-pyrrole nitrogens is 1. The summed E-state index contributed by atoms with van der Waals surface area (Å²) >= 11 is 0. The second kappa shape index (κ2) is 8.69. The van der Waals surface area contributed by atoms with Gasteiger partial charge in [-0.05, 0) is 72.9 Å². The number of aromatic amines is 1. The molecule has 1 saturated carbocycles. The third kappa shape index (κ3) is 3.76. The maximum Gasteiger partial charge on any atom is 0.335 e. The highest BCUT2D eigenvalue weighted by atomic mass is 19.3. The molecule has 0 amide bonds. The van der Waals surface area contributed by atoms with Gasteiger partial charge < -0.3 is 14.8 Å². The Morgan fingerprint density at radius 2 is 2.06 bits per heavy atom. The van der Waals surface area contributed by atoms with Gasteiger partial charge in [-0.2, -0.15) is 0 Å². The molecule has 1 saturated heterocycles. The van der Waals surface area contributed by atoms with E-state index < -0.39 is 12.4 Å². The van der Waals surface area contributed by atoms with Crippen LogP contribution in [0, 0.1) is 24.7 Å². The molecular formula is C27H30F2N2O3. The van der Waals surface area contributed by atoms with Crippen molar-refractivity contribution in [3.63, 3.8) is 0 Å². The molecule has 3 unspecified atom stereocenters. The van der Waals surface area contributed by atoms with Crippen LogP contribution in [-0.2, 0) is 6.54 Å². The summed E-state index contributed by atoms with van der Waals surface area (Å²) in [6, 6.07) is 8.11. The number of aromatic nitrogens is 1. The Balaban J connectivity index is 1.60. The number of fused-ring (bicyclic) bond motifs is 2. The van der Waals surface area contributed by atoms with Gasteiger partial charge in [0.05, 0.1) is 12.7 Å².